The Kier molecular flexibility index (Phi) is 5.18. The minimum atomic E-state index is -4.08. The van der Waals surface area contributed by atoms with Gasteiger partial charge in [0, 0.05) is 10.5 Å². The van der Waals surface area contributed by atoms with Crippen LogP contribution in [-0.2, 0) is 27.7 Å². The second-order valence-corrected chi connectivity index (χ2v) is 7.23. The summed E-state index contributed by atoms with van der Waals surface area (Å²) in [6.07, 6.45) is 0.406. The zero-order valence-electron chi connectivity index (χ0n) is 12.0. The van der Waals surface area contributed by atoms with E-state index in [9.17, 15) is 13.2 Å². The molecule has 0 aliphatic heterocycles. The first-order valence-electron chi connectivity index (χ1n) is 6.55. The summed E-state index contributed by atoms with van der Waals surface area (Å²) in [7, 11) is -4.08. The molecule has 0 aliphatic rings. The molecule has 0 aliphatic carbocycles. The van der Waals surface area contributed by atoms with Gasteiger partial charge in [-0.15, -0.1) is 0 Å². The Morgan fingerprint density at radius 3 is 2.74 bits per heavy atom. The molecule has 1 amide bonds. The van der Waals surface area contributed by atoms with Gasteiger partial charge in [-0.1, -0.05) is 28.0 Å². The fourth-order valence-corrected chi connectivity index (χ4v) is 3.49. The molecular formula is C14H12BrN3O4S. The molecule has 1 N–H and O–H groups in total. The highest BCUT2D eigenvalue weighted by Gasteiger charge is 2.20. The van der Waals surface area contributed by atoms with Crippen molar-refractivity contribution in [3.8, 4) is 6.07 Å². The number of hydrogen-bond donors (Lipinski definition) is 1. The average Bonchev–Trinajstić information content (AvgIpc) is 2.93. The van der Waals surface area contributed by atoms with Crippen LogP contribution >= 0.6 is 15.9 Å². The van der Waals surface area contributed by atoms with Crippen LogP contribution in [0.4, 0.5) is 0 Å². The topological polar surface area (TPSA) is 113 Å². The molecule has 1 heterocycles. The number of aromatic nitrogens is 1. The molecule has 0 atom stereocenters. The summed E-state index contributed by atoms with van der Waals surface area (Å²) in [4.78, 5) is 11.7. The van der Waals surface area contributed by atoms with Crippen molar-refractivity contribution < 1.29 is 17.7 Å². The minimum absolute atomic E-state index is 0.162. The maximum absolute atomic E-state index is 12.2. The first kappa shape index (κ1) is 17.2. The second kappa shape index (κ2) is 6.93. The van der Waals surface area contributed by atoms with Crippen LogP contribution in [0.15, 0.2) is 38.2 Å². The van der Waals surface area contributed by atoms with Crippen molar-refractivity contribution in [2.45, 2.75) is 24.7 Å². The van der Waals surface area contributed by atoms with Crippen LogP contribution in [0.5, 0.6) is 0 Å². The molecule has 1 aromatic heterocycles. The molecule has 7 nitrogen and oxygen atoms in total. The van der Waals surface area contributed by atoms with Gasteiger partial charge in [-0.25, -0.2) is 13.1 Å². The summed E-state index contributed by atoms with van der Waals surface area (Å²) < 4.78 is 31.7. The third-order valence-corrected chi connectivity index (χ3v) is 4.67. The van der Waals surface area contributed by atoms with Crippen molar-refractivity contribution in [3.63, 3.8) is 0 Å². The molecule has 0 radical (unpaired) electrons. The van der Waals surface area contributed by atoms with Gasteiger partial charge in [-0.2, -0.15) is 5.26 Å². The maximum Gasteiger partial charge on any atom is 0.264 e. The highest BCUT2D eigenvalue weighted by molar-refractivity contribution is 9.10. The summed E-state index contributed by atoms with van der Waals surface area (Å²) in [5, 5.41) is 12.6. The van der Waals surface area contributed by atoms with Gasteiger partial charge >= 0.3 is 0 Å². The predicted molar refractivity (Wildman–Crippen MR) is 83.8 cm³/mol. The lowest BCUT2D eigenvalue weighted by molar-refractivity contribution is -0.119. The third-order valence-electron chi connectivity index (χ3n) is 2.86. The lowest BCUT2D eigenvalue weighted by atomic mass is 10.2. The molecule has 9 heteroatoms. The lowest BCUT2D eigenvalue weighted by Crippen LogP contribution is -2.31. The largest absolute Gasteiger partial charge is 0.361 e. The highest BCUT2D eigenvalue weighted by Crippen LogP contribution is 2.19. The molecule has 0 bridgehead atoms. The van der Waals surface area contributed by atoms with Crippen LogP contribution in [0, 0.1) is 11.3 Å². The number of hydrogen-bond acceptors (Lipinski definition) is 6. The summed E-state index contributed by atoms with van der Waals surface area (Å²) in [5.74, 6) is -0.469. The van der Waals surface area contributed by atoms with Crippen LogP contribution in [0.3, 0.4) is 0 Å². The molecule has 0 spiro atoms. The fraction of sp³-hybridized carbons (Fsp3) is 0.214. The number of carbonyl (C=O) groups excluding carboxylic acids is 1. The van der Waals surface area contributed by atoms with Crippen molar-refractivity contribution in [3.05, 3.63) is 45.8 Å². The molecule has 0 saturated heterocycles. The number of aryl methyl sites for hydroxylation is 1. The maximum atomic E-state index is 12.2. The number of halogens is 1. The normalized spacial score (nSPS) is 11.0. The Labute approximate surface area is 141 Å². The number of nitriles is 1. The monoisotopic (exact) mass is 397 g/mol. The van der Waals surface area contributed by atoms with Gasteiger partial charge in [-0.3, -0.25) is 4.79 Å². The Hall–Kier alpha value is -2.18. The van der Waals surface area contributed by atoms with Crippen molar-refractivity contribution in [1.82, 2.24) is 9.88 Å². The van der Waals surface area contributed by atoms with E-state index in [0.29, 0.717) is 16.6 Å². The molecule has 2 rings (SSSR count). The number of nitrogens with zero attached hydrogens (tertiary/aromatic N) is 2. The average molecular weight is 398 g/mol. The second-order valence-electron chi connectivity index (χ2n) is 4.63. The number of amides is 1. The van der Waals surface area contributed by atoms with E-state index in [0.717, 1.165) is 0 Å². The van der Waals surface area contributed by atoms with E-state index in [1.807, 2.05) is 17.7 Å². The van der Waals surface area contributed by atoms with E-state index in [1.54, 1.807) is 6.07 Å². The van der Waals surface area contributed by atoms with E-state index in [4.69, 9.17) is 9.78 Å². The Morgan fingerprint density at radius 2 is 2.13 bits per heavy atom. The predicted octanol–water partition coefficient (Wildman–Crippen LogP) is 1.92. The van der Waals surface area contributed by atoms with E-state index in [-0.39, 0.29) is 22.6 Å². The first-order chi connectivity index (χ1) is 10.8. The van der Waals surface area contributed by atoms with Crippen molar-refractivity contribution in [1.29, 1.82) is 5.26 Å². The van der Waals surface area contributed by atoms with Gasteiger partial charge in [0.05, 0.1) is 28.6 Å². The van der Waals surface area contributed by atoms with Crippen LogP contribution in [-0.4, -0.2) is 19.5 Å². The first-order valence-corrected chi connectivity index (χ1v) is 8.82. The van der Waals surface area contributed by atoms with Crippen LogP contribution in [0.25, 0.3) is 0 Å². The smallest absolute Gasteiger partial charge is 0.264 e. The van der Waals surface area contributed by atoms with E-state index >= 15 is 0 Å². The minimum Gasteiger partial charge on any atom is -0.361 e. The SMILES string of the molecule is CCc1cc(CC(=O)NS(=O)(=O)c2cc(Br)cc(C#N)c2)on1. The number of carbonyl (C=O) groups is 1. The molecule has 0 saturated carbocycles. The zero-order valence-corrected chi connectivity index (χ0v) is 14.4. The van der Waals surface area contributed by atoms with Gasteiger partial charge < -0.3 is 4.52 Å². The van der Waals surface area contributed by atoms with Gasteiger partial charge in [0.2, 0.25) is 5.91 Å². The summed E-state index contributed by atoms with van der Waals surface area (Å²) in [5.41, 5.74) is 0.844. The molecule has 1 aromatic carbocycles. The van der Waals surface area contributed by atoms with Crippen LogP contribution in [0.1, 0.15) is 23.9 Å². The fourth-order valence-electron chi connectivity index (χ4n) is 1.79. The Balaban J connectivity index is 2.16. The van der Waals surface area contributed by atoms with Crippen LogP contribution in [0.2, 0.25) is 0 Å². The molecule has 0 fully saturated rings. The van der Waals surface area contributed by atoms with E-state index in [2.05, 4.69) is 21.1 Å². The number of sulfonamides is 1. The van der Waals surface area contributed by atoms with Crippen molar-refractivity contribution in [2.24, 2.45) is 0 Å². The number of benzene rings is 1. The van der Waals surface area contributed by atoms with Gasteiger partial charge in [0.15, 0.2) is 0 Å². The molecule has 23 heavy (non-hydrogen) atoms. The summed E-state index contributed by atoms with van der Waals surface area (Å²) in [6.45, 7) is 1.88. The summed E-state index contributed by atoms with van der Waals surface area (Å²) in [6, 6.07) is 7.41. The highest BCUT2D eigenvalue weighted by atomic mass is 79.9. The van der Waals surface area contributed by atoms with Gasteiger partial charge in [-0.05, 0) is 24.6 Å². The van der Waals surface area contributed by atoms with Crippen molar-refractivity contribution in [2.75, 3.05) is 0 Å². The molecule has 2 aromatic rings. The number of rotatable bonds is 5. The lowest BCUT2D eigenvalue weighted by Gasteiger charge is -2.07. The van der Waals surface area contributed by atoms with Crippen molar-refractivity contribution >= 4 is 31.9 Å². The van der Waals surface area contributed by atoms with E-state index < -0.39 is 15.9 Å². The molecular weight excluding hydrogens is 386 g/mol. The zero-order chi connectivity index (χ0) is 17.0. The summed E-state index contributed by atoms with van der Waals surface area (Å²) >= 11 is 3.13. The van der Waals surface area contributed by atoms with Crippen LogP contribution < -0.4 is 4.72 Å². The van der Waals surface area contributed by atoms with E-state index in [1.165, 1.54) is 18.2 Å². The molecule has 0 unspecified atom stereocenters. The Morgan fingerprint density at radius 1 is 1.39 bits per heavy atom. The Bertz CT molecular complexity index is 884. The van der Waals surface area contributed by atoms with Gasteiger partial charge in [0.1, 0.15) is 5.76 Å². The quantitative estimate of drug-likeness (QED) is 0.823. The number of nitrogens with one attached hydrogen (secondary N) is 1. The standard InChI is InChI=1S/C14H12BrN3O4S/c1-2-11-6-12(22-17-11)7-14(19)18-23(20,21)13-4-9(8-16)3-10(15)5-13/h3-6H,2,7H2,1H3,(H,18,19). The van der Waals surface area contributed by atoms with Gasteiger partial charge in [0.25, 0.3) is 10.0 Å². The molecule has 120 valence electrons. The third kappa shape index (κ3) is 4.40.